The Hall–Kier alpha value is -4.11. The summed E-state index contributed by atoms with van der Waals surface area (Å²) in [6, 6.07) is 16.9. The highest BCUT2D eigenvalue weighted by molar-refractivity contribution is 5.93. The fourth-order valence-corrected chi connectivity index (χ4v) is 4.52. The number of aliphatic hydroxyl groups is 1. The predicted octanol–water partition coefficient (Wildman–Crippen LogP) is 4.59. The molecule has 5 rings (SSSR count). The number of hydrogen-bond acceptors (Lipinski definition) is 6. The first-order chi connectivity index (χ1) is 17.9. The molecule has 0 atom stereocenters. The van der Waals surface area contributed by atoms with Gasteiger partial charge in [0.1, 0.15) is 5.82 Å². The average molecular weight is 507 g/mol. The summed E-state index contributed by atoms with van der Waals surface area (Å²) in [7, 11) is 1.23. The highest BCUT2D eigenvalue weighted by Crippen LogP contribution is 2.37. The van der Waals surface area contributed by atoms with Gasteiger partial charge in [0.25, 0.3) is 0 Å². The van der Waals surface area contributed by atoms with Crippen LogP contribution in [0.2, 0.25) is 0 Å². The van der Waals surface area contributed by atoms with Crippen LogP contribution < -0.4 is 14.4 Å². The molecule has 1 N–H and O–H groups in total. The van der Waals surface area contributed by atoms with E-state index in [4.69, 9.17) is 9.47 Å². The number of fused-ring (bicyclic) bond motifs is 1. The zero-order valence-electron chi connectivity index (χ0n) is 20.4. The number of halogens is 1. The van der Waals surface area contributed by atoms with Crippen LogP contribution in [0.15, 0.2) is 60.7 Å². The quantitative estimate of drug-likeness (QED) is 0.510. The Morgan fingerprint density at radius 3 is 2.54 bits per heavy atom. The van der Waals surface area contributed by atoms with Crippen molar-refractivity contribution >= 4 is 17.7 Å². The van der Waals surface area contributed by atoms with Gasteiger partial charge in [-0.3, -0.25) is 4.90 Å². The summed E-state index contributed by atoms with van der Waals surface area (Å²) in [5.41, 5.74) is 2.67. The highest BCUT2D eigenvalue weighted by atomic mass is 19.1. The fraction of sp³-hybridized carbons (Fsp3) is 0.286. The molecule has 0 unspecified atom stereocenters. The van der Waals surface area contributed by atoms with Crippen LogP contribution in [-0.4, -0.2) is 55.1 Å². The number of likely N-dealkylation sites (tertiary alicyclic amines) is 1. The molecule has 1 fully saturated rings. The van der Waals surface area contributed by atoms with E-state index < -0.39 is 17.9 Å². The van der Waals surface area contributed by atoms with Gasteiger partial charge in [-0.25, -0.2) is 14.0 Å². The van der Waals surface area contributed by atoms with Gasteiger partial charge in [-0.1, -0.05) is 24.3 Å². The zero-order valence-corrected chi connectivity index (χ0v) is 20.4. The number of benzene rings is 3. The number of rotatable bonds is 5. The van der Waals surface area contributed by atoms with E-state index in [1.165, 1.54) is 24.1 Å². The van der Waals surface area contributed by atoms with Gasteiger partial charge in [-0.05, 0) is 60.4 Å². The maximum atomic E-state index is 15.0. The molecule has 0 aromatic heterocycles. The van der Waals surface area contributed by atoms with Crippen molar-refractivity contribution in [1.29, 1.82) is 0 Å². The second-order valence-electron chi connectivity index (χ2n) is 9.00. The number of ether oxygens (including phenoxy) is 3. The first-order valence-corrected chi connectivity index (χ1v) is 12.0. The Kier molecular flexibility index (Phi) is 6.96. The standard InChI is InChI=1S/C28H27FN2O6/c1-35-27(33)20-5-6-21(24(29)14-20)16-31(28(34)30-11-9-23(32)10-12-30)22-4-2-3-18(13-22)19-7-8-25-26(15-19)37-17-36-25/h2-8,13-15,23,32H,9-12,16-17H2,1H3. The summed E-state index contributed by atoms with van der Waals surface area (Å²) in [6.07, 6.45) is 0.535. The molecule has 3 aromatic carbocycles. The zero-order chi connectivity index (χ0) is 25.9. The third-order valence-corrected chi connectivity index (χ3v) is 6.63. The van der Waals surface area contributed by atoms with E-state index in [2.05, 4.69) is 4.74 Å². The number of esters is 1. The molecule has 2 aliphatic rings. The summed E-state index contributed by atoms with van der Waals surface area (Å²) in [6.45, 7) is 0.936. The van der Waals surface area contributed by atoms with Crippen molar-refractivity contribution in [2.75, 3.05) is 31.9 Å². The molecule has 8 nitrogen and oxygen atoms in total. The summed E-state index contributed by atoms with van der Waals surface area (Å²) >= 11 is 0. The van der Waals surface area contributed by atoms with E-state index in [1.54, 1.807) is 11.0 Å². The van der Waals surface area contributed by atoms with Crippen LogP contribution >= 0.6 is 0 Å². The molecule has 37 heavy (non-hydrogen) atoms. The van der Waals surface area contributed by atoms with Gasteiger partial charge in [0.15, 0.2) is 11.5 Å². The predicted molar refractivity (Wildman–Crippen MR) is 134 cm³/mol. The van der Waals surface area contributed by atoms with Crippen LogP contribution in [0, 0.1) is 5.82 Å². The van der Waals surface area contributed by atoms with Gasteiger partial charge < -0.3 is 24.2 Å². The van der Waals surface area contributed by atoms with Crippen molar-refractivity contribution in [3.05, 3.63) is 77.6 Å². The number of carbonyl (C=O) groups excluding carboxylic acids is 2. The molecule has 1 saturated heterocycles. The number of aliphatic hydroxyl groups excluding tert-OH is 1. The van der Waals surface area contributed by atoms with Crippen molar-refractivity contribution in [2.24, 2.45) is 0 Å². The molecule has 0 radical (unpaired) electrons. The Balaban J connectivity index is 1.48. The molecule has 0 saturated carbocycles. The molecular formula is C28H27FN2O6. The van der Waals surface area contributed by atoms with Gasteiger partial charge >= 0.3 is 12.0 Å². The van der Waals surface area contributed by atoms with Crippen LogP contribution in [-0.2, 0) is 11.3 Å². The molecule has 0 aliphatic carbocycles. The third kappa shape index (κ3) is 5.22. The fourth-order valence-electron chi connectivity index (χ4n) is 4.52. The number of methoxy groups -OCH3 is 1. The van der Waals surface area contributed by atoms with Gasteiger partial charge in [-0.2, -0.15) is 0 Å². The summed E-state index contributed by atoms with van der Waals surface area (Å²) in [5.74, 6) is 0.0775. The highest BCUT2D eigenvalue weighted by Gasteiger charge is 2.28. The number of nitrogens with zero attached hydrogens (tertiary/aromatic N) is 2. The lowest BCUT2D eigenvalue weighted by atomic mass is 10.0. The van der Waals surface area contributed by atoms with E-state index in [-0.39, 0.29) is 30.5 Å². The van der Waals surface area contributed by atoms with Crippen LogP contribution in [0.5, 0.6) is 11.5 Å². The third-order valence-electron chi connectivity index (χ3n) is 6.63. The number of piperidine rings is 1. The van der Waals surface area contributed by atoms with Gasteiger partial charge in [0.2, 0.25) is 6.79 Å². The molecule has 0 bridgehead atoms. The topological polar surface area (TPSA) is 88.5 Å². The average Bonchev–Trinajstić information content (AvgIpc) is 3.40. The Morgan fingerprint density at radius 1 is 1.03 bits per heavy atom. The van der Waals surface area contributed by atoms with Crippen LogP contribution in [0.1, 0.15) is 28.8 Å². The van der Waals surface area contributed by atoms with Crippen molar-refractivity contribution in [1.82, 2.24) is 4.90 Å². The molecule has 192 valence electrons. The van der Waals surface area contributed by atoms with Gasteiger partial charge in [0, 0.05) is 24.3 Å². The first-order valence-electron chi connectivity index (χ1n) is 12.0. The normalized spacial score (nSPS) is 14.9. The number of carbonyl (C=O) groups is 2. The molecule has 3 aromatic rings. The minimum Gasteiger partial charge on any atom is -0.465 e. The molecule has 2 amide bonds. The Bertz CT molecular complexity index is 1320. The monoisotopic (exact) mass is 506 g/mol. The summed E-state index contributed by atoms with van der Waals surface area (Å²) in [5, 5.41) is 9.90. The maximum Gasteiger partial charge on any atom is 0.337 e. The molecule has 9 heteroatoms. The molecule has 2 heterocycles. The van der Waals surface area contributed by atoms with Gasteiger partial charge in [0.05, 0.1) is 25.3 Å². The largest absolute Gasteiger partial charge is 0.465 e. The molecule has 2 aliphatic heterocycles. The van der Waals surface area contributed by atoms with E-state index >= 15 is 4.39 Å². The number of amides is 2. The first kappa shape index (κ1) is 24.6. The van der Waals surface area contributed by atoms with Crippen LogP contribution in [0.3, 0.4) is 0 Å². The minimum absolute atomic E-state index is 0.0459. The van der Waals surface area contributed by atoms with E-state index in [0.717, 1.165) is 17.2 Å². The van der Waals surface area contributed by atoms with Crippen molar-refractivity contribution < 1.29 is 33.3 Å². The number of anilines is 1. The second-order valence-corrected chi connectivity index (χ2v) is 9.00. The summed E-state index contributed by atoms with van der Waals surface area (Å²) in [4.78, 5) is 28.7. The van der Waals surface area contributed by atoms with Gasteiger partial charge in [-0.15, -0.1) is 0 Å². The molecular weight excluding hydrogens is 479 g/mol. The Labute approximate surface area is 213 Å². The second kappa shape index (κ2) is 10.5. The van der Waals surface area contributed by atoms with Crippen molar-refractivity contribution in [3.63, 3.8) is 0 Å². The van der Waals surface area contributed by atoms with Crippen molar-refractivity contribution in [2.45, 2.75) is 25.5 Å². The Morgan fingerprint density at radius 2 is 1.78 bits per heavy atom. The van der Waals surface area contributed by atoms with Crippen molar-refractivity contribution in [3.8, 4) is 22.6 Å². The SMILES string of the molecule is COC(=O)c1ccc(CN(C(=O)N2CCC(O)CC2)c2cccc(-c3ccc4c(c3)OCO4)c2)c(F)c1. The van der Waals surface area contributed by atoms with Crippen LogP contribution in [0.4, 0.5) is 14.9 Å². The number of urea groups is 1. The van der Waals surface area contributed by atoms with E-state index in [9.17, 15) is 14.7 Å². The van der Waals surface area contributed by atoms with E-state index in [1.807, 2.05) is 36.4 Å². The smallest absolute Gasteiger partial charge is 0.337 e. The minimum atomic E-state index is -0.637. The lowest BCUT2D eigenvalue weighted by Crippen LogP contribution is -2.47. The van der Waals surface area contributed by atoms with E-state index in [0.29, 0.717) is 43.1 Å². The number of hydrogen-bond donors (Lipinski definition) is 1. The maximum absolute atomic E-state index is 15.0. The lowest BCUT2D eigenvalue weighted by Gasteiger charge is -2.35. The molecule has 0 spiro atoms. The lowest BCUT2D eigenvalue weighted by molar-refractivity contribution is 0.0600. The van der Waals surface area contributed by atoms with Crippen LogP contribution in [0.25, 0.3) is 11.1 Å². The summed E-state index contributed by atoms with van der Waals surface area (Å²) < 4.78 is 30.6.